The number of carbonyl (C=O) groups is 1. The van der Waals surface area contributed by atoms with E-state index in [4.69, 9.17) is 11.6 Å². The zero-order valence-corrected chi connectivity index (χ0v) is 15.0. The van der Waals surface area contributed by atoms with Gasteiger partial charge >= 0.3 is 6.18 Å². The number of carbonyl (C=O) groups excluding carboxylic acids is 1. The number of hydrogen-bond donors (Lipinski definition) is 0. The number of halogens is 4. The highest BCUT2D eigenvalue weighted by Crippen LogP contribution is 2.42. The quantitative estimate of drug-likeness (QED) is 0.614. The van der Waals surface area contributed by atoms with Crippen molar-refractivity contribution in [2.75, 3.05) is 6.54 Å². The molecule has 5 nitrogen and oxygen atoms in total. The van der Waals surface area contributed by atoms with Crippen molar-refractivity contribution in [2.24, 2.45) is 0 Å². The summed E-state index contributed by atoms with van der Waals surface area (Å²) in [4.78, 5) is 18.5. The predicted octanol–water partition coefficient (Wildman–Crippen LogP) is 4.22. The molecule has 0 fully saturated rings. The first-order valence-electron chi connectivity index (χ1n) is 7.76. The van der Waals surface area contributed by atoms with Crippen molar-refractivity contribution in [1.29, 1.82) is 0 Å². The summed E-state index contributed by atoms with van der Waals surface area (Å²) in [7, 11) is 0. The third-order valence-electron chi connectivity index (χ3n) is 4.38. The molecule has 4 heterocycles. The van der Waals surface area contributed by atoms with Gasteiger partial charge in [-0.1, -0.05) is 11.6 Å². The molecule has 3 aromatic rings. The predicted molar refractivity (Wildman–Crippen MR) is 90.5 cm³/mol. The van der Waals surface area contributed by atoms with Crippen LogP contribution in [0.25, 0.3) is 5.65 Å². The smallest absolute Gasteiger partial charge is 0.330 e. The Morgan fingerprint density at radius 1 is 1.38 bits per heavy atom. The van der Waals surface area contributed by atoms with Crippen LogP contribution in [0.4, 0.5) is 13.2 Å². The first kappa shape index (κ1) is 17.3. The van der Waals surface area contributed by atoms with Gasteiger partial charge in [-0.15, -0.1) is 11.3 Å². The van der Waals surface area contributed by atoms with E-state index in [0.29, 0.717) is 34.1 Å². The minimum absolute atomic E-state index is 0.182. The van der Waals surface area contributed by atoms with Crippen molar-refractivity contribution >= 4 is 34.5 Å². The van der Waals surface area contributed by atoms with E-state index in [1.54, 1.807) is 11.8 Å². The van der Waals surface area contributed by atoms with Crippen LogP contribution in [0.15, 0.2) is 24.5 Å². The number of aromatic nitrogens is 3. The molecule has 1 amide bonds. The fourth-order valence-electron chi connectivity index (χ4n) is 3.10. The summed E-state index contributed by atoms with van der Waals surface area (Å²) in [6.45, 7) is 2.07. The van der Waals surface area contributed by atoms with Gasteiger partial charge < -0.3 is 4.90 Å². The molecule has 1 aliphatic rings. The molecule has 1 aliphatic heterocycles. The van der Waals surface area contributed by atoms with Crippen molar-refractivity contribution in [3.8, 4) is 0 Å². The zero-order chi connectivity index (χ0) is 18.6. The molecule has 26 heavy (non-hydrogen) atoms. The van der Waals surface area contributed by atoms with Crippen LogP contribution in [0.5, 0.6) is 0 Å². The number of fused-ring (bicyclic) bond motifs is 2. The van der Waals surface area contributed by atoms with Crippen LogP contribution in [0.1, 0.15) is 38.8 Å². The molecule has 0 spiro atoms. The molecule has 0 N–H and O–H groups in total. The molecule has 136 valence electrons. The van der Waals surface area contributed by atoms with Crippen molar-refractivity contribution in [3.63, 3.8) is 0 Å². The number of thiophene rings is 1. The fourth-order valence-corrected chi connectivity index (χ4v) is 4.35. The summed E-state index contributed by atoms with van der Waals surface area (Å²) in [6.07, 6.45) is -0.994. The molecular formula is C16H12ClF3N4OS. The molecule has 3 aromatic heterocycles. The van der Waals surface area contributed by atoms with Crippen molar-refractivity contribution < 1.29 is 18.0 Å². The normalized spacial score (nSPS) is 17.6. The highest BCUT2D eigenvalue weighted by atomic mass is 35.5. The zero-order valence-electron chi connectivity index (χ0n) is 13.4. The number of hydrogen-bond acceptors (Lipinski definition) is 4. The Kier molecular flexibility index (Phi) is 3.96. The lowest BCUT2D eigenvalue weighted by Gasteiger charge is -2.33. The van der Waals surface area contributed by atoms with Gasteiger partial charge in [-0.3, -0.25) is 4.79 Å². The third-order valence-corrected chi connectivity index (χ3v) is 5.83. The van der Waals surface area contributed by atoms with E-state index in [1.807, 2.05) is 0 Å². The third kappa shape index (κ3) is 2.84. The molecule has 0 saturated heterocycles. The Labute approximate surface area is 155 Å². The number of alkyl halides is 3. The first-order chi connectivity index (χ1) is 12.2. The maximum atomic E-state index is 13.0. The summed E-state index contributed by atoms with van der Waals surface area (Å²) in [6, 6.07) is 2.23. The molecular weight excluding hydrogens is 389 g/mol. The molecule has 0 bridgehead atoms. The van der Waals surface area contributed by atoms with Crippen molar-refractivity contribution in [3.05, 3.63) is 50.6 Å². The largest absolute Gasteiger partial charge is 0.425 e. The van der Waals surface area contributed by atoms with E-state index in [-0.39, 0.29) is 11.6 Å². The molecule has 10 heteroatoms. The molecule has 0 aromatic carbocycles. The Bertz CT molecular complexity index is 1010. The fraction of sp³-hybridized carbons (Fsp3) is 0.312. The van der Waals surface area contributed by atoms with Gasteiger partial charge in [0.15, 0.2) is 11.3 Å². The van der Waals surface area contributed by atoms with Gasteiger partial charge in [0.2, 0.25) is 0 Å². The van der Waals surface area contributed by atoms with Crippen LogP contribution in [-0.4, -0.2) is 31.9 Å². The average molecular weight is 401 g/mol. The van der Waals surface area contributed by atoms with Gasteiger partial charge in [0.05, 0.1) is 17.3 Å². The molecule has 0 aliphatic carbocycles. The maximum Gasteiger partial charge on any atom is 0.425 e. The number of rotatable bonds is 1. The van der Waals surface area contributed by atoms with Crippen LogP contribution >= 0.6 is 22.9 Å². The van der Waals surface area contributed by atoms with Gasteiger partial charge in [0, 0.05) is 23.7 Å². The lowest BCUT2D eigenvalue weighted by atomic mass is 10.0. The molecule has 1 unspecified atom stereocenters. The van der Waals surface area contributed by atoms with Crippen LogP contribution in [0.3, 0.4) is 0 Å². The van der Waals surface area contributed by atoms with E-state index in [0.717, 1.165) is 17.4 Å². The van der Waals surface area contributed by atoms with Crippen LogP contribution in [0.2, 0.25) is 5.02 Å². The van der Waals surface area contributed by atoms with E-state index in [9.17, 15) is 18.0 Å². The van der Waals surface area contributed by atoms with Gasteiger partial charge in [0.1, 0.15) is 4.88 Å². The average Bonchev–Trinajstić information content (AvgIpc) is 3.18. The van der Waals surface area contributed by atoms with E-state index in [2.05, 4.69) is 10.1 Å². The summed E-state index contributed by atoms with van der Waals surface area (Å²) >= 11 is 6.62. The molecule has 1 atom stereocenters. The molecule has 0 saturated carbocycles. The van der Waals surface area contributed by atoms with E-state index in [1.165, 1.54) is 23.0 Å². The van der Waals surface area contributed by atoms with Crippen LogP contribution in [-0.2, 0) is 12.6 Å². The second-order valence-electron chi connectivity index (χ2n) is 6.02. The second kappa shape index (κ2) is 5.95. The highest BCUT2D eigenvalue weighted by Gasteiger charge is 2.37. The minimum Gasteiger partial charge on any atom is -0.330 e. The Morgan fingerprint density at radius 3 is 2.88 bits per heavy atom. The Hall–Kier alpha value is -2.13. The first-order valence-corrected chi connectivity index (χ1v) is 8.95. The summed E-state index contributed by atoms with van der Waals surface area (Å²) in [5.41, 5.74) is 1.20. The Morgan fingerprint density at radius 2 is 2.15 bits per heavy atom. The lowest BCUT2D eigenvalue weighted by Crippen LogP contribution is -2.38. The van der Waals surface area contributed by atoms with E-state index >= 15 is 0 Å². The summed E-state index contributed by atoms with van der Waals surface area (Å²) in [5, 5.41) is 4.57. The van der Waals surface area contributed by atoms with Gasteiger partial charge in [-0.25, -0.2) is 9.50 Å². The van der Waals surface area contributed by atoms with Crippen LogP contribution < -0.4 is 0 Å². The van der Waals surface area contributed by atoms with Crippen molar-refractivity contribution in [2.45, 2.75) is 25.6 Å². The Balaban J connectivity index is 1.65. The standard InChI is InChI=1S/C16H12ClF3N4OS/c1-8-10-4-13(16(18,19)20)26-12(10)2-3-23(8)15(25)11-5-14-21-6-9(17)7-24(14)22-11/h4-8H,2-3H2,1H3. The van der Waals surface area contributed by atoms with Gasteiger partial charge in [-0.05, 0) is 25.0 Å². The van der Waals surface area contributed by atoms with Crippen LogP contribution in [0, 0.1) is 0 Å². The lowest BCUT2D eigenvalue weighted by molar-refractivity contribution is -0.134. The summed E-state index contributed by atoms with van der Waals surface area (Å²) in [5.74, 6) is -0.343. The van der Waals surface area contributed by atoms with E-state index < -0.39 is 17.1 Å². The monoisotopic (exact) mass is 400 g/mol. The highest BCUT2D eigenvalue weighted by molar-refractivity contribution is 7.12. The topological polar surface area (TPSA) is 50.5 Å². The molecule has 0 radical (unpaired) electrons. The number of amides is 1. The van der Waals surface area contributed by atoms with Gasteiger partial charge in [0.25, 0.3) is 5.91 Å². The molecule has 4 rings (SSSR count). The SMILES string of the molecule is CC1c2cc(C(F)(F)F)sc2CCN1C(=O)c1cc2ncc(Cl)cn2n1. The number of nitrogens with zero attached hydrogens (tertiary/aromatic N) is 4. The van der Waals surface area contributed by atoms with Crippen molar-refractivity contribution in [1.82, 2.24) is 19.5 Å². The second-order valence-corrected chi connectivity index (χ2v) is 7.59. The van der Waals surface area contributed by atoms with Gasteiger partial charge in [-0.2, -0.15) is 18.3 Å². The maximum absolute atomic E-state index is 13.0. The minimum atomic E-state index is -4.37. The summed E-state index contributed by atoms with van der Waals surface area (Å²) < 4.78 is 40.3.